The van der Waals surface area contributed by atoms with Crippen LogP contribution in [-0.2, 0) is 0 Å². The quantitative estimate of drug-likeness (QED) is 0.580. The van der Waals surface area contributed by atoms with Crippen molar-refractivity contribution < 1.29 is 0 Å². The Bertz CT molecular complexity index is 184. The molecule has 0 saturated carbocycles. The normalized spacial score (nSPS) is 29.7. The Morgan fingerprint density at radius 2 is 1.25 bits per heavy atom. The van der Waals surface area contributed by atoms with Crippen molar-refractivity contribution in [3.8, 4) is 0 Å². The molecule has 12 heavy (non-hydrogen) atoms. The molecule has 0 aromatic carbocycles. The largest absolute Gasteiger partial charge is 0.0777 e. The molecule has 2 unspecified atom stereocenters. The van der Waals surface area contributed by atoms with E-state index in [1.807, 2.05) is 0 Å². The second kappa shape index (κ2) is 3.93. The lowest BCUT2D eigenvalue weighted by Gasteiger charge is -2.25. The Morgan fingerprint density at radius 1 is 0.917 bits per heavy atom. The molecule has 0 saturated heterocycles. The van der Waals surface area contributed by atoms with Crippen LogP contribution in [0.15, 0.2) is 23.3 Å². The average Bonchev–Trinajstić information content (AvgIpc) is 2.09. The Balaban J connectivity index is 2.80. The predicted molar refractivity (Wildman–Crippen MR) is 55.1 cm³/mol. The second-order valence-electron chi connectivity index (χ2n) is 3.84. The monoisotopic (exact) mass is 164 g/mol. The first-order valence-electron chi connectivity index (χ1n) is 5.06. The van der Waals surface area contributed by atoms with Gasteiger partial charge < -0.3 is 0 Å². The summed E-state index contributed by atoms with van der Waals surface area (Å²) < 4.78 is 0. The first-order valence-corrected chi connectivity index (χ1v) is 5.06. The van der Waals surface area contributed by atoms with Crippen LogP contribution < -0.4 is 0 Å². The zero-order valence-corrected chi connectivity index (χ0v) is 8.72. The number of hydrogen-bond donors (Lipinski definition) is 0. The summed E-state index contributed by atoms with van der Waals surface area (Å²) in [6, 6.07) is 0. The summed E-state index contributed by atoms with van der Waals surface area (Å²) in [6.45, 7) is 9.01. The van der Waals surface area contributed by atoms with Gasteiger partial charge >= 0.3 is 0 Å². The van der Waals surface area contributed by atoms with E-state index < -0.39 is 0 Å². The molecule has 0 fully saturated rings. The van der Waals surface area contributed by atoms with E-state index in [1.165, 1.54) is 24.0 Å². The fourth-order valence-electron chi connectivity index (χ4n) is 1.99. The highest BCUT2D eigenvalue weighted by Crippen LogP contribution is 2.31. The van der Waals surface area contributed by atoms with E-state index in [0.717, 1.165) is 11.8 Å². The SMILES string of the molecule is CCC1C=C(C)C(C)=CC1CC. The molecule has 0 spiro atoms. The summed E-state index contributed by atoms with van der Waals surface area (Å²) in [7, 11) is 0. The lowest BCUT2D eigenvalue weighted by molar-refractivity contribution is 0.439. The predicted octanol–water partition coefficient (Wildman–Crippen LogP) is 3.95. The van der Waals surface area contributed by atoms with Crippen LogP contribution in [-0.4, -0.2) is 0 Å². The fourth-order valence-corrected chi connectivity index (χ4v) is 1.99. The van der Waals surface area contributed by atoms with E-state index >= 15 is 0 Å². The van der Waals surface area contributed by atoms with Gasteiger partial charge in [0.2, 0.25) is 0 Å². The Morgan fingerprint density at radius 3 is 1.50 bits per heavy atom. The molecule has 0 bridgehead atoms. The van der Waals surface area contributed by atoms with Gasteiger partial charge in [-0.3, -0.25) is 0 Å². The molecular weight excluding hydrogens is 144 g/mol. The van der Waals surface area contributed by atoms with Crippen molar-refractivity contribution in [3.63, 3.8) is 0 Å². The van der Waals surface area contributed by atoms with E-state index in [4.69, 9.17) is 0 Å². The smallest absolute Gasteiger partial charge is 0.0167 e. The molecule has 0 radical (unpaired) electrons. The van der Waals surface area contributed by atoms with E-state index in [1.54, 1.807) is 0 Å². The summed E-state index contributed by atoms with van der Waals surface area (Å²) in [5, 5.41) is 0. The van der Waals surface area contributed by atoms with E-state index in [-0.39, 0.29) is 0 Å². The zero-order chi connectivity index (χ0) is 9.14. The van der Waals surface area contributed by atoms with Crippen molar-refractivity contribution in [3.05, 3.63) is 23.3 Å². The highest BCUT2D eigenvalue weighted by Gasteiger charge is 2.18. The van der Waals surface area contributed by atoms with Gasteiger partial charge in [-0.25, -0.2) is 0 Å². The van der Waals surface area contributed by atoms with Gasteiger partial charge in [0.05, 0.1) is 0 Å². The van der Waals surface area contributed by atoms with Crippen molar-refractivity contribution in [1.29, 1.82) is 0 Å². The highest BCUT2D eigenvalue weighted by molar-refractivity contribution is 5.32. The third-order valence-electron chi connectivity index (χ3n) is 3.04. The minimum Gasteiger partial charge on any atom is -0.0777 e. The van der Waals surface area contributed by atoms with Crippen LogP contribution in [0.2, 0.25) is 0 Å². The van der Waals surface area contributed by atoms with Crippen LogP contribution >= 0.6 is 0 Å². The topological polar surface area (TPSA) is 0 Å². The zero-order valence-electron chi connectivity index (χ0n) is 8.72. The third kappa shape index (κ3) is 1.80. The lowest BCUT2D eigenvalue weighted by Crippen LogP contribution is -2.13. The van der Waals surface area contributed by atoms with Crippen molar-refractivity contribution in [1.82, 2.24) is 0 Å². The number of rotatable bonds is 2. The fraction of sp³-hybridized carbons (Fsp3) is 0.667. The molecule has 68 valence electrons. The Kier molecular flexibility index (Phi) is 3.13. The van der Waals surface area contributed by atoms with Crippen molar-refractivity contribution in [2.75, 3.05) is 0 Å². The van der Waals surface area contributed by atoms with Crippen molar-refractivity contribution in [2.24, 2.45) is 11.8 Å². The first kappa shape index (κ1) is 9.57. The van der Waals surface area contributed by atoms with Gasteiger partial charge in [-0.05, 0) is 38.5 Å². The summed E-state index contributed by atoms with van der Waals surface area (Å²) in [5.41, 5.74) is 2.96. The molecule has 0 nitrogen and oxygen atoms in total. The van der Waals surface area contributed by atoms with Crippen molar-refractivity contribution in [2.45, 2.75) is 40.5 Å². The maximum Gasteiger partial charge on any atom is -0.0167 e. The van der Waals surface area contributed by atoms with Crippen LogP contribution in [0, 0.1) is 11.8 Å². The molecule has 0 heterocycles. The van der Waals surface area contributed by atoms with Gasteiger partial charge in [0.1, 0.15) is 0 Å². The molecule has 0 amide bonds. The minimum absolute atomic E-state index is 0.790. The lowest BCUT2D eigenvalue weighted by atomic mass is 9.80. The molecule has 0 heteroatoms. The van der Waals surface area contributed by atoms with Gasteiger partial charge in [0.15, 0.2) is 0 Å². The third-order valence-corrected chi connectivity index (χ3v) is 3.04. The van der Waals surface area contributed by atoms with Crippen LogP contribution in [0.25, 0.3) is 0 Å². The summed E-state index contributed by atoms with van der Waals surface area (Å²) in [4.78, 5) is 0. The molecule has 0 aromatic heterocycles. The summed E-state index contributed by atoms with van der Waals surface area (Å²) >= 11 is 0. The van der Waals surface area contributed by atoms with Gasteiger partial charge in [-0.2, -0.15) is 0 Å². The Labute approximate surface area is 76.4 Å². The van der Waals surface area contributed by atoms with E-state index in [0.29, 0.717) is 0 Å². The molecule has 0 N–H and O–H groups in total. The second-order valence-corrected chi connectivity index (χ2v) is 3.84. The molecule has 0 aromatic rings. The van der Waals surface area contributed by atoms with Crippen LogP contribution in [0.1, 0.15) is 40.5 Å². The van der Waals surface area contributed by atoms with Gasteiger partial charge in [-0.15, -0.1) is 0 Å². The van der Waals surface area contributed by atoms with Crippen LogP contribution in [0.5, 0.6) is 0 Å². The van der Waals surface area contributed by atoms with Crippen LogP contribution in [0.3, 0.4) is 0 Å². The van der Waals surface area contributed by atoms with Gasteiger partial charge in [0, 0.05) is 0 Å². The summed E-state index contributed by atoms with van der Waals surface area (Å²) in [6.07, 6.45) is 7.45. The van der Waals surface area contributed by atoms with Crippen molar-refractivity contribution >= 4 is 0 Å². The van der Waals surface area contributed by atoms with Gasteiger partial charge in [-0.1, -0.05) is 37.1 Å². The molecule has 2 atom stereocenters. The minimum atomic E-state index is 0.790. The van der Waals surface area contributed by atoms with E-state index in [2.05, 4.69) is 39.8 Å². The summed E-state index contributed by atoms with van der Waals surface area (Å²) in [5.74, 6) is 1.58. The standard InChI is InChI=1S/C12H20/c1-5-11-7-9(3)10(4)8-12(11)6-2/h7-8,11-12H,5-6H2,1-4H3. The highest BCUT2D eigenvalue weighted by atomic mass is 14.2. The molecular formula is C12H20. The Hall–Kier alpha value is -0.520. The van der Waals surface area contributed by atoms with Crippen LogP contribution in [0.4, 0.5) is 0 Å². The molecule has 1 aliphatic carbocycles. The average molecular weight is 164 g/mol. The number of hydrogen-bond acceptors (Lipinski definition) is 0. The number of allylic oxidation sites excluding steroid dienone is 4. The first-order chi connectivity index (χ1) is 5.69. The molecule has 1 aliphatic rings. The van der Waals surface area contributed by atoms with E-state index in [9.17, 15) is 0 Å². The van der Waals surface area contributed by atoms with Gasteiger partial charge in [0.25, 0.3) is 0 Å². The maximum atomic E-state index is 2.45. The maximum absolute atomic E-state index is 2.45. The molecule has 0 aliphatic heterocycles. The molecule has 1 rings (SSSR count).